The van der Waals surface area contributed by atoms with Gasteiger partial charge < -0.3 is 9.47 Å². The molecule has 4 nitrogen and oxygen atoms in total. The third kappa shape index (κ3) is 2.20. The second kappa shape index (κ2) is 4.82. The molecule has 0 spiro atoms. The van der Waals surface area contributed by atoms with Gasteiger partial charge in [-0.05, 0) is 24.4 Å². The molecule has 0 amide bonds. The summed E-state index contributed by atoms with van der Waals surface area (Å²) in [6.07, 6.45) is 1.63. The predicted molar refractivity (Wildman–Crippen MR) is 64.3 cm³/mol. The van der Waals surface area contributed by atoms with E-state index in [1.165, 1.54) is 0 Å². The normalized spacial score (nSPS) is 10.2. The van der Waals surface area contributed by atoms with E-state index < -0.39 is 5.97 Å². The number of benzene rings is 1. The van der Waals surface area contributed by atoms with Gasteiger partial charge in [0.2, 0.25) is 0 Å². The second-order valence-corrected chi connectivity index (χ2v) is 3.47. The number of hydrogen-bond acceptors (Lipinski definition) is 4. The molecule has 0 fully saturated rings. The fourth-order valence-electron chi connectivity index (χ4n) is 1.64. The standard InChI is InChI=1S/C13H13NO3/c1-3-17-13(15)11-7-9-5-4-6-12(16-2)10(9)8-14-11/h4-8H,3H2,1-2H3. The van der Waals surface area contributed by atoms with Crippen LogP contribution in [0.5, 0.6) is 5.75 Å². The number of fused-ring (bicyclic) bond motifs is 1. The molecule has 4 heteroatoms. The highest BCUT2D eigenvalue weighted by Crippen LogP contribution is 2.24. The Morgan fingerprint density at radius 3 is 2.94 bits per heavy atom. The lowest BCUT2D eigenvalue weighted by atomic mass is 10.1. The van der Waals surface area contributed by atoms with Crippen LogP contribution in [0.2, 0.25) is 0 Å². The smallest absolute Gasteiger partial charge is 0.356 e. The van der Waals surface area contributed by atoms with E-state index in [4.69, 9.17) is 9.47 Å². The van der Waals surface area contributed by atoms with Crippen LogP contribution in [-0.2, 0) is 4.74 Å². The Morgan fingerprint density at radius 2 is 2.24 bits per heavy atom. The molecule has 2 aromatic rings. The molecule has 1 aromatic heterocycles. The number of methoxy groups -OCH3 is 1. The Bertz CT molecular complexity index is 551. The van der Waals surface area contributed by atoms with Crippen molar-refractivity contribution >= 4 is 16.7 Å². The predicted octanol–water partition coefficient (Wildman–Crippen LogP) is 2.42. The highest BCUT2D eigenvalue weighted by atomic mass is 16.5. The van der Waals surface area contributed by atoms with Crippen LogP contribution < -0.4 is 4.74 Å². The summed E-state index contributed by atoms with van der Waals surface area (Å²) in [6.45, 7) is 2.11. The molecule has 2 rings (SSSR count). The summed E-state index contributed by atoms with van der Waals surface area (Å²) in [5.41, 5.74) is 0.313. The molecule has 0 saturated carbocycles. The molecular weight excluding hydrogens is 218 g/mol. The molecule has 0 saturated heterocycles. The number of aromatic nitrogens is 1. The van der Waals surface area contributed by atoms with Gasteiger partial charge in [0, 0.05) is 11.6 Å². The van der Waals surface area contributed by atoms with E-state index in [0.717, 1.165) is 16.5 Å². The maximum atomic E-state index is 11.5. The fourth-order valence-corrected chi connectivity index (χ4v) is 1.64. The van der Waals surface area contributed by atoms with Crippen LogP contribution in [0.4, 0.5) is 0 Å². The Kier molecular flexibility index (Phi) is 3.23. The zero-order valence-electron chi connectivity index (χ0n) is 9.77. The first-order valence-corrected chi connectivity index (χ1v) is 5.36. The zero-order valence-corrected chi connectivity index (χ0v) is 9.77. The van der Waals surface area contributed by atoms with Crippen LogP contribution in [0.1, 0.15) is 17.4 Å². The third-order valence-electron chi connectivity index (χ3n) is 2.43. The van der Waals surface area contributed by atoms with Crippen molar-refractivity contribution in [2.45, 2.75) is 6.92 Å². The average molecular weight is 231 g/mol. The summed E-state index contributed by atoms with van der Waals surface area (Å²) in [5.74, 6) is 0.336. The van der Waals surface area contributed by atoms with E-state index in [-0.39, 0.29) is 0 Å². The van der Waals surface area contributed by atoms with Gasteiger partial charge in [0.1, 0.15) is 11.4 Å². The lowest BCUT2D eigenvalue weighted by molar-refractivity contribution is 0.0519. The average Bonchev–Trinajstić information content (AvgIpc) is 2.37. The van der Waals surface area contributed by atoms with Gasteiger partial charge in [-0.2, -0.15) is 0 Å². The lowest BCUT2D eigenvalue weighted by Crippen LogP contribution is -2.06. The lowest BCUT2D eigenvalue weighted by Gasteiger charge is -2.06. The van der Waals surface area contributed by atoms with Gasteiger partial charge in [-0.15, -0.1) is 0 Å². The Balaban J connectivity index is 2.48. The van der Waals surface area contributed by atoms with E-state index in [0.29, 0.717) is 12.3 Å². The van der Waals surface area contributed by atoms with E-state index in [1.807, 2.05) is 18.2 Å². The van der Waals surface area contributed by atoms with Crippen LogP contribution >= 0.6 is 0 Å². The van der Waals surface area contributed by atoms with Crippen molar-refractivity contribution in [3.05, 3.63) is 36.2 Å². The maximum Gasteiger partial charge on any atom is 0.356 e. The molecule has 0 aliphatic rings. The molecule has 0 atom stereocenters. The zero-order chi connectivity index (χ0) is 12.3. The Hall–Kier alpha value is -2.10. The molecule has 1 heterocycles. The largest absolute Gasteiger partial charge is 0.496 e. The first-order valence-electron chi connectivity index (χ1n) is 5.36. The summed E-state index contributed by atoms with van der Waals surface area (Å²) in [5, 5.41) is 1.78. The second-order valence-electron chi connectivity index (χ2n) is 3.47. The molecule has 0 N–H and O–H groups in total. The number of carbonyl (C=O) groups excluding carboxylic acids is 1. The summed E-state index contributed by atoms with van der Waals surface area (Å²) in [6, 6.07) is 7.34. The quantitative estimate of drug-likeness (QED) is 0.761. The minimum absolute atomic E-state index is 0.313. The van der Waals surface area contributed by atoms with Gasteiger partial charge in [0.25, 0.3) is 0 Å². The topological polar surface area (TPSA) is 48.4 Å². The number of rotatable bonds is 3. The Labute approximate surface area is 99.2 Å². The number of nitrogens with zero attached hydrogens (tertiary/aromatic N) is 1. The van der Waals surface area contributed by atoms with Crippen LogP contribution in [0.15, 0.2) is 30.5 Å². The van der Waals surface area contributed by atoms with Crippen LogP contribution in [0.25, 0.3) is 10.8 Å². The SMILES string of the molecule is CCOC(=O)c1cc2cccc(OC)c2cn1. The van der Waals surface area contributed by atoms with Gasteiger partial charge >= 0.3 is 5.97 Å². The van der Waals surface area contributed by atoms with Crippen molar-refractivity contribution in [2.24, 2.45) is 0 Å². The minimum atomic E-state index is -0.405. The number of pyridine rings is 1. The van der Waals surface area contributed by atoms with Gasteiger partial charge in [0.15, 0.2) is 0 Å². The first-order chi connectivity index (χ1) is 8.26. The molecule has 0 aliphatic heterocycles. The Morgan fingerprint density at radius 1 is 1.41 bits per heavy atom. The number of esters is 1. The summed E-state index contributed by atoms with van der Waals surface area (Å²) in [4.78, 5) is 15.6. The van der Waals surface area contributed by atoms with Crippen molar-refractivity contribution in [3.8, 4) is 5.75 Å². The molecular formula is C13H13NO3. The van der Waals surface area contributed by atoms with Crippen LogP contribution in [-0.4, -0.2) is 24.7 Å². The third-order valence-corrected chi connectivity index (χ3v) is 2.43. The number of hydrogen-bond donors (Lipinski definition) is 0. The van der Waals surface area contributed by atoms with Crippen molar-refractivity contribution < 1.29 is 14.3 Å². The summed E-state index contributed by atoms with van der Waals surface area (Å²) in [7, 11) is 1.61. The van der Waals surface area contributed by atoms with E-state index in [9.17, 15) is 4.79 Å². The first kappa shape index (κ1) is 11.4. The van der Waals surface area contributed by atoms with Gasteiger partial charge in [-0.25, -0.2) is 9.78 Å². The number of carbonyl (C=O) groups is 1. The minimum Gasteiger partial charge on any atom is -0.496 e. The molecule has 88 valence electrons. The van der Waals surface area contributed by atoms with Crippen molar-refractivity contribution in [2.75, 3.05) is 13.7 Å². The van der Waals surface area contributed by atoms with Crippen molar-refractivity contribution in [1.29, 1.82) is 0 Å². The molecule has 0 aliphatic carbocycles. The van der Waals surface area contributed by atoms with Gasteiger partial charge in [-0.3, -0.25) is 0 Å². The molecule has 1 aromatic carbocycles. The molecule has 0 bridgehead atoms. The molecule has 0 radical (unpaired) electrons. The van der Waals surface area contributed by atoms with Crippen molar-refractivity contribution in [1.82, 2.24) is 4.98 Å². The highest BCUT2D eigenvalue weighted by Gasteiger charge is 2.10. The van der Waals surface area contributed by atoms with Gasteiger partial charge in [-0.1, -0.05) is 12.1 Å². The van der Waals surface area contributed by atoms with Crippen molar-refractivity contribution in [3.63, 3.8) is 0 Å². The molecule has 0 unspecified atom stereocenters. The summed E-state index contributed by atoms with van der Waals surface area (Å²) < 4.78 is 10.1. The van der Waals surface area contributed by atoms with E-state index in [2.05, 4.69) is 4.98 Å². The van der Waals surface area contributed by atoms with Gasteiger partial charge in [0.05, 0.1) is 13.7 Å². The molecule has 17 heavy (non-hydrogen) atoms. The summed E-state index contributed by atoms with van der Waals surface area (Å²) >= 11 is 0. The fraction of sp³-hybridized carbons (Fsp3) is 0.231. The van der Waals surface area contributed by atoms with E-state index in [1.54, 1.807) is 26.3 Å². The van der Waals surface area contributed by atoms with Crippen LogP contribution in [0.3, 0.4) is 0 Å². The highest BCUT2D eigenvalue weighted by molar-refractivity contribution is 5.95. The monoisotopic (exact) mass is 231 g/mol. The number of ether oxygens (including phenoxy) is 2. The maximum absolute atomic E-state index is 11.5. The van der Waals surface area contributed by atoms with Crippen LogP contribution in [0, 0.1) is 0 Å². The van der Waals surface area contributed by atoms with E-state index >= 15 is 0 Å².